The fourth-order valence-corrected chi connectivity index (χ4v) is 4.02. The number of thioether (sulfide) groups is 1. The average molecular weight is 291 g/mol. The van der Waals surface area contributed by atoms with Crippen molar-refractivity contribution in [3.05, 3.63) is 24.4 Å². The van der Waals surface area contributed by atoms with E-state index in [-0.39, 0.29) is 5.92 Å². The van der Waals surface area contributed by atoms with E-state index in [1.54, 1.807) is 0 Å². The molecule has 3 heterocycles. The van der Waals surface area contributed by atoms with Gasteiger partial charge in [-0.2, -0.15) is 11.8 Å². The van der Waals surface area contributed by atoms with Gasteiger partial charge < -0.3 is 9.80 Å². The van der Waals surface area contributed by atoms with E-state index in [0.29, 0.717) is 5.91 Å². The molecule has 1 aromatic rings. The van der Waals surface area contributed by atoms with Crippen molar-refractivity contribution in [3.8, 4) is 0 Å². The number of carbonyl (C=O) groups is 1. The Labute approximate surface area is 124 Å². The van der Waals surface area contributed by atoms with Crippen LogP contribution in [0, 0.1) is 5.92 Å². The monoisotopic (exact) mass is 291 g/mol. The highest BCUT2D eigenvalue weighted by Gasteiger charge is 2.28. The molecule has 4 nitrogen and oxygen atoms in total. The minimum Gasteiger partial charge on any atom is -0.353 e. The van der Waals surface area contributed by atoms with Crippen LogP contribution >= 0.6 is 11.8 Å². The molecule has 2 fully saturated rings. The zero-order chi connectivity index (χ0) is 13.8. The maximum absolute atomic E-state index is 12.5. The fourth-order valence-electron chi connectivity index (χ4n) is 2.89. The number of aromatic nitrogens is 1. The number of piperazine rings is 1. The summed E-state index contributed by atoms with van der Waals surface area (Å²) in [6.45, 7) is 3.44. The molecule has 5 heteroatoms. The molecule has 0 bridgehead atoms. The minimum absolute atomic E-state index is 0.259. The second-order valence-corrected chi connectivity index (χ2v) is 6.56. The maximum Gasteiger partial charge on any atom is 0.226 e. The molecule has 0 spiro atoms. The van der Waals surface area contributed by atoms with Crippen molar-refractivity contribution < 1.29 is 4.79 Å². The number of amides is 1. The number of anilines is 1. The highest BCUT2D eigenvalue weighted by molar-refractivity contribution is 7.99. The van der Waals surface area contributed by atoms with Gasteiger partial charge in [-0.15, -0.1) is 0 Å². The molecule has 2 aliphatic heterocycles. The Bertz CT molecular complexity index is 440. The van der Waals surface area contributed by atoms with E-state index in [0.717, 1.165) is 44.2 Å². The average Bonchev–Trinajstić information content (AvgIpc) is 2.56. The zero-order valence-electron chi connectivity index (χ0n) is 11.7. The van der Waals surface area contributed by atoms with Crippen molar-refractivity contribution in [1.82, 2.24) is 9.88 Å². The third-order valence-corrected chi connectivity index (χ3v) is 5.29. The van der Waals surface area contributed by atoms with E-state index in [1.807, 2.05) is 36.2 Å². The summed E-state index contributed by atoms with van der Waals surface area (Å²) in [6, 6.07) is 5.98. The van der Waals surface area contributed by atoms with Crippen LogP contribution in [-0.4, -0.2) is 53.5 Å². The summed E-state index contributed by atoms with van der Waals surface area (Å²) < 4.78 is 0. The van der Waals surface area contributed by atoms with Gasteiger partial charge >= 0.3 is 0 Å². The second-order valence-electron chi connectivity index (χ2n) is 5.41. The lowest BCUT2D eigenvalue weighted by Gasteiger charge is -2.37. The number of carbonyl (C=O) groups excluding carboxylic acids is 1. The lowest BCUT2D eigenvalue weighted by atomic mass is 10.0. The number of pyridine rings is 1. The van der Waals surface area contributed by atoms with Gasteiger partial charge in [0.2, 0.25) is 5.91 Å². The number of hydrogen-bond donors (Lipinski definition) is 0. The van der Waals surface area contributed by atoms with Crippen LogP contribution in [0.5, 0.6) is 0 Å². The third-order valence-electron chi connectivity index (χ3n) is 4.07. The molecular weight excluding hydrogens is 270 g/mol. The van der Waals surface area contributed by atoms with E-state index < -0.39 is 0 Å². The van der Waals surface area contributed by atoms with Gasteiger partial charge in [-0.1, -0.05) is 6.07 Å². The summed E-state index contributed by atoms with van der Waals surface area (Å²) >= 11 is 1.92. The van der Waals surface area contributed by atoms with Gasteiger partial charge in [-0.25, -0.2) is 4.98 Å². The first kappa shape index (κ1) is 13.7. The number of nitrogens with zero attached hydrogens (tertiary/aromatic N) is 3. The summed E-state index contributed by atoms with van der Waals surface area (Å²) in [5.41, 5.74) is 0. The van der Waals surface area contributed by atoms with Gasteiger partial charge in [-0.3, -0.25) is 4.79 Å². The maximum atomic E-state index is 12.5. The van der Waals surface area contributed by atoms with Crippen LogP contribution in [0.15, 0.2) is 24.4 Å². The second kappa shape index (κ2) is 6.48. The summed E-state index contributed by atoms with van der Waals surface area (Å²) in [4.78, 5) is 21.2. The Morgan fingerprint density at radius 1 is 1.25 bits per heavy atom. The van der Waals surface area contributed by atoms with Crippen molar-refractivity contribution >= 4 is 23.5 Å². The van der Waals surface area contributed by atoms with Gasteiger partial charge in [0.05, 0.1) is 0 Å². The van der Waals surface area contributed by atoms with E-state index in [2.05, 4.69) is 14.8 Å². The van der Waals surface area contributed by atoms with Crippen LogP contribution in [0.1, 0.15) is 12.8 Å². The SMILES string of the molecule is O=C(C1CCCSC1)N1CCN(c2ccccn2)CC1. The van der Waals surface area contributed by atoms with E-state index in [9.17, 15) is 4.79 Å². The molecule has 108 valence electrons. The predicted octanol–water partition coefficient (Wildman–Crippen LogP) is 1.87. The first-order chi connectivity index (χ1) is 9.84. The van der Waals surface area contributed by atoms with Gasteiger partial charge in [0.25, 0.3) is 0 Å². The largest absolute Gasteiger partial charge is 0.353 e. The highest BCUT2D eigenvalue weighted by Crippen LogP contribution is 2.25. The standard InChI is InChI=1S/C15H21N3OS/c19-15(13-4-3-11-20-12-13)18-9-7-17(8-10-18)14-5-1-2-6-16-14/h1-2,5-6,13H,3-4,7-12H2. The van der Waals surface area contributed by atoms with Crippen LogP contribution in [0.4, 0.5) is 5.82 Å². The molecule has 1 atom stereocenters. The molecule has 0 radical (unpaired) electrons. The van der Waals surface area contributed by atoms with Crippen molar-refractivity contribution in [2.24, 2.45) is 5.92 Å². The van der Waals surface area contributed by atoms with E-state index in [4.69, 9.17) is 0 Å². The molecule has 0 saturated carbocycles. The van der Waals surface area contributed by atoms with Gasteiger partial charge in [0, 0.05) is 44.0 Å². The summed E-state index contributed by atoms with van der Waals surface area (Å²) in [5.74, 6) is 3.89. The van der Waals surface area contributed by atoms with Gasteiger partial charge in [0.1, 0.15) is 5.82 Å². The van der Waals surface area contributed by atoms with Crippen LogP contribution in [0.3, 0.4) is 0 Å². The Hall–Kier alpha value is -1.23. The van der Waals surface area contributed by atoms with Crippen molar-refractivity contribution in [3.63, 3.8) is 0 Å². The molecule has 20 heavy (non-hydrogen) atoms. The van der Waals surface area contributed by atoms with Crippen LogP contribution in [-0.2, 0) is 4.79 Å². The van der Waals surface area contributed by atoms with Crippen LogP contribution in [0.25, 0.3) is 0 Å². The zero-order valence-corrected chi connectivity index (χ0v) is 12.5. The smallest absolute Gasteiger partial charge is 0.226 e. The molecule has 0 aromatic carbocycles. The van der Waals surface area contributed by atoms with Crippen LogP contribution < -0.4 is 4.90 Å². The van der Waals surface area contributed by atoms with Gasteiger partial charge in [-0.05, 0) is 30.7 Å². The van der Waals surface area contributed by atoms with Gasteiger partial charge in [0.15, 0.2) is 0 Å². The van der Waals surface area contributed by atoms with Crippen molar-refractivity contribution in [2.45, 2.75) is 12.8 Å². The fraction of sp³-hybridized carbons (Fsp3) is 0.600. The number of hydrogen-bond acceptors (Lipinski definition) is 4. The molecule has 1 amide bonds. The quantitative estimate of drug-likeness (QED) is 0.833. The molecule has 2 saturated heterocycles. The van der Waals surface area contributed by atoms with Crippen molar-refractivity contribution in [1.29, 1.82) is 0 Å². The molecule has 0 aliphatic carbocycles. The minimum atomic E-state index is 0.259. The normalized spacial score (nSPS) is 23.7. The van der Waals surface area contributed by atoms with E-state index in [1.165, 1.54) is 12.2 Å². The number of rotatable bonds is 2. The molecule has 0 N–H and O–H groups in total. The molecule has 1 unspecified atom stereocenters. The lowest BCUT2D eigenvalue weighted by molar-refractivity contribution is -0.135. The first-order valence-corrected chi connectivity index (χ1v) is 8.52. The summed E-state index contributed by atoms with van der Waals surface area (Å²) in [6.07, 6.45) is 4.09. The molecule has 1 aromatic heterocycles. The van der Waals surface area contributed by atoms with Crippen LogP contribution in [0.2, 0.25) is 0 Å². The van der Waals surface area contributed by atoms with E-state index >= 15 is 0 Å². The topological polar surface area (TPSA) is 36.4 Å². The Balaban J connectivity index is 1.54. The Morgan fingerprint density at radius 2 is 2.10 bits per heavy atom. The van der Waals surface area contributed by atoms with Crippen molar-refractivity contribution in [2.75, 3.05) is 42.6 Å². The lowest BCUT2D eigenvalue weighted by Crippen LogP contribution is -2.51. The predicted molar refractivity (Wildman–Crippen MR) is 83.1 cm³/mol. The molecule has 2 aliphatic rings. The Kier molecular flexibility index (Phi) is 4.45. The first-order valence-electron chi connectivity index (χ1n) is 7.37. The summed E-state index contributed by atoms with van der Waals surface area (Å²) in [5, 5.41) is 0. The highest BCUT2D eigenvalue weighted by atomic mass is 32.2. The molecular formula is C15H21N3OS. The Morgan fingerprint density at radius 3 is 2.75 bits per heavy atom. The summed E-state index contributed by atoms with van der Waals surface area (Å²) in [7, 11) is 0. The molecule has 3 rings (SSSR count). The third kappa shape index (κ3) is 3.08.